The summed E-state index contributed by atoms with van der Waals surface area (Å²) in [5.74, 6) is -4.38. The first kappa shape index (κ1) is 28.6. The molecule has 12 heteroatoms. The molecule has 1 aliphatic heterocycles. The number of aromatic hydroxyl groups is 1. The van der Waals surface area contributed by atoms with Crippen LogP contribution in [0.1, 0.15) is 45.1 Å². The third kappa shape index (κ3) is 8.52. The Hall–Kier alpha value is -3.67. The molecule has 0 bridgehead atoms. The molecule has 1 aromatic carbocycles. The highest BCUT2D eigenvalue weighted by molar-refractivity contribution is 5.96. The first-order valence-corrected chi connectivity index (χ1v) is 11.9. The average molecular weight is 506 g/mol. The van der Waals surface area contributed by atoms with Crippen molar-refractivity contribution in [3.05, 3.63) is 29.8 Å². The van der Waals surface area contributed by atoms with Gasteiger partial charge < -0.3 is 37.2 Å². The Morgan fingerprint density at radius 1 is 1.06 bits per heavy atom. The summed E-state index contributed by atoms with van der Waals surface area (Å²) in [4.78, 5) is 62.0. The summed E-state index contributed by atoms with van der Waals surface area (Å²) in [5.41, 5.74) is 5.85. The molecule has 8 N–H and O–H groups in total. The molecule has 36 heavy (non-hydrogen) atoms. The molecule has 1 heterocycles. The predicted molar refractivity (Wildman–Crippen MR) is 130 cm³/mol. The fraction of sp³-hybridized carbons (Fsp3) is 0.542. The van der Waals surface area contributed by atoms with Crippen molar-refractivity contribution in [3.63, 3.8) is 0 Å². The van der Waals surface area contributed by atoms with Gasteiger partial charge in [0.25, 0.3) is 0 Å². The van der Waals surface area contributed by atoms with Crippen LogP contribution in [0.25, 0.3) is 0 Å². The second kappa shape index (κ2) is 13.4. The number of primary amides is 1. The fourth-order valence-corrected chi connectivity index (χ4v) is 3.88. The van der Waals surface area contributed by atoms with Crippen molar-refractivity contribution in [2.45, 2.75) is 70.1 Å². The van der Waals surface area contributed by atoms with Gasteiger partial charge in [-0.1, -0.05) is 32.4 Å². The van der Waals surface area contributed by atoms with Gasteiger partial charge in [0.15, 0.2) is 0 Å². The number of carbonyl (C=O) groups is 5. The summed E-state index contributed by atoms with van der Waals surface area (Å²) in [6.45, 7) is 4.18. The van der Waals surface area contributed by atoms with Gasteiger partial charge in [-0.15, -0.1) is 0 Å². The molecule has 1 aromatic rings. The number of benzene rings is 1. The number of nitrogens with two attached hydrogens (primary N) is 1. The number of aliphatic carboxylic acids is 1. The van der Waals surface area contributed by atoms with Crippen LogP contribution < -0.4 is 27.0 Å². The van der Waals surface area contributed by atoms with Crippen molar-refractivity contribution >= 4 is 29.6 Å². The molecule has 0 saturated carbocycles. The van der Waals surface area contributed by atoms with E-state index in [9.17, 15) is 34.2 Å². The van der Waals surface area contributed by atoms with Crippen LogP contribution in [0.15, 0.2) is 24.3 Å². The predicted octanol–water partition coefficient (Wildman–Crippen LogP) is -0.853. The lowest BCUT2D eigenvalue weighted by Gasteiger charge is -2.28. The average Bonchev–Trinajstić information content (AvgIpc) is 3.37. The third-order valence-corrected chi connectivity index (χ3v) is 6.20. The van der Waals surface area contributed by atoms with E-state index in [1.807, 2.05) is 0 Å². The Balaban J connectivity index is 2.14. The van der Waals surface area contributed by atoms with E-state index in [2.05, 4.69) is 21.3 Å². The van der Waals surface area contributed by atoms with E-state index in [0.717, 1.165) is 6.42 Å². The van der Waals surface area contributed by atoms with Gasteiger partial charge in [-0.3, -0.25) is 19.2 Å². The smallest absolute Gasteiger partial charge is 0.326 e. The zero-order valence-electron chi connectivity index (χ0n) is 20.5. The van der Waals surface area contributed by atoms with E-state index in [1.165, 1.54) is 12.1 Å². The lowest BCUT2D eigenvalue weighted by atomic mass is 9.96. The minimum Gasteiger partial charge on any atom is -0.508 e. The number of phenolic OH excluding ortho intramolecular Hbond substituents is 1. The molecular formula is C24H35N5O7. The molecule has 1 saturated heterocycles. The second-order valence-electron chi connectivity index (χ2n) is 9.02. The molecule has 5 unspecified atom stereocenters. The van der Waals surface area contributed by atoms with Crippen LogP contribution in [0.2, 0.25) is 0 Å². The van der Waals surface area contributed by atoms with Crippen molar-refractivity contribution < 1.29 is 34.2 Å². The maximum absolute atomic E-state index is 13.1. The highest BCUT2D eigenvalue weighted by Crippen LogP contribution is 2.13. The quantitative estimate of drug-likeness (QED) is 0.180. The Labute approximate surface area is 209 Å². The molecule has 2 rings (SSSR count). The van der Waals surface area contributed by atoms with E-state index < -0.39 is 66.1 Å². The summed E-state index contributed by atoms with van der Waals surface area (Å²) < 4.78 is 0. The van der Waals surface area contributed by atoms with Crippen LogP contribution in [-0.2, 0) is 30.4 Å². The molecule has 5 atom stereocenters. The molecule has 0 radical (unpaired) electrons. The molecule has 0 spiro atoms. The van der Waals surface area contributed by atoms with Crippen molar-refractivity contribution in [2.75, 3.05) is 6.54 Å². The first-order chi connectivity index (χ1) is 17.0. The van der Waals surface area contributed by atoms with Crippen LogP contribution in [0, 0.1) is 5.92 Å². The van der Waals surface area contributed by atoms with Crippen LogP contribution in [0.5, 0.6) is 5.75 Å². The van der Waals surface area contributed by atoms with Gasteiger partial charge in [-0.05, 0) is 43.0 Å². The maximum atomic E-state index is 13.1. The second-order valence-corrected chi connectivity index (χ2v) is 9.02. The number of carboxylic acids is 1. The van der Waals surface area contributed by atoms with Crippen molar-refractivity contribution in [1.29, 1.82) is 0 Å². The Bertz CT molecular complexity index is 947. The lowest BCUT2D eigenvalue weighted by Crippen LogP contribution is -2.59. The lowest BCUT2D eigenvalue weighted by molar-refractivity contribution is -0.142. The van der Waals surface area contributed by atoms with Crippen molar-refractivity contribution in [3.8, 4) is 5.75 Å². The van der Waals surface area contributed by atoms with E-state index in [0.29, 0.717) is 24.9 Å². The number of rotatable bonds is 13. The van der Waals surface area contributed by atoms with Gasteiger partial charge in [-0.2, -0.15) is 0 Å². The van der Waals surface area contributed by atoms with Crippen molar-refractivity contribution in [1.82, 2.24) is 21.3 Å². The standard InChI is InChI=1S/C24H35N5O7/c1-3-13(2)20(23(34)28-18(24(35)36)11-14-6-8-15(30)9-7-14)29-22(33)17(12-19(25)31)27-21(32)16-5-4-10-26-16/h6-9,13,16-18,20,26,30H,3-5,10-12H2,1-2H3,(H2,25,31)(H,27,32)(H,28,34)(H,29,33)(H,35,36). The summed E-state index contributed by atoms with van der Waals surface area (Å²) >= 11 is 0. The monoisotopic (exact) mass is 505 g/mol. The van der Waals surface area contributed by atoms with Crippen LogP contribution in [0.3, 0.4) is 0 Å². The van der Waals surface area contributed by atoms with Gasteiger partial charge in [0.2, 0.25) is 23.6 Å². The van der Waals surface area contributed by atoms with Gasteiger partial charge in [0, 0.05) is 6.42 Å². The summed E-state index contributed by atoms with van der Waals surface area (Å²) in [5, 5.41) is 29.6. The number of hydrogen-bond donors (Lipinski definition) is 7. The molecule has 4 amide bonds. The maximum Gasteiger partial charge on any atom is 0.326 e. The van der Waals surface area contributed by atoms with E-state index in [1.54, 1.807) is 26.0 Å². The molecule has 1 fully saturated rings. The van der Waals surface area contributed by atoms with Crippen LogP contribution in [-0.4, -0.2) is 70.5 Å². The van der Waals surface area contributed by atoms with Gasteiger partial charge in [0.1, 0.15) is 23.9 Å². The Morgan fingerprint density at radius 2 is 1.72 bits per heavy atom. The number of hydrogen-bond acceptors (Lipinski definition) is 7. The van der Waals surface area contributed by atoms with Gasteiger partial charge >= 0.3 is 5.97 Å². The van der Waals surface area contributed by atoms with Crippen LogP contribution in [0.4, 0.5) is 0 Å². The highest BCUT2D eigenvalue weighted by Gasteiger charge is 2.34. The van der Waals surface area contributed by atoms with E-state index in [-0.39, 0.29) is 12.2 Å². The minimum atomic E-state index is -1.29. The van der Waals surface area contributed by atoms with Gasteiger partial charge in [-0.25, -0.2) is 4.79 Å². The molecule has 0 aliphatic carbocycles. The van der Waals surface area contributed by atoms with Gasteiger partial charge in [0.05, 0.1) is 12.5 Å². The topological polar surface area (TPSA) is 200 Å². The SMILES string of the molecule is CCC(C)C(NC(=O)C(CC(N)=O)NC(=O)C1CCCN1)C(=O)NC(Cc1ccc(O)cc1)C(=O)O. The first-order valence-electron chi connectivity index (χ1n) is 11.9. The normalized spacial score (nSPS) is 18.3. The number of carboxylic acid groups (broad SMARTS) is 1. The van der Waals surface area contributed by atoms with E-state index in [4.69, 9.17) is 5.73 Å². The number of amides is 4. The van der Waals surface area contributed by atoms with Crippen LogP contribution >= 0.6 is 0 Å². The summed E-state index contributed by atoms with van der Waals surface area (Å²) in [7, 11) is 0. The molecule has 1 aliphatic rings. The number of phenols is 1. The third-order valence-electron chi connectivity index (χ3n) is 6.20. The molecule has 12 nitrogen and oxygen atoms in total. The zero-order valence-corrected chi connectivity index (χ0v) is 20.5. The minimum absolute atomic E-state index is 0.0236. The highest BCUT2D eigenvalue weighted by atomic mass is 16.4. The summed E-state index contributed by atoms with van der Waals surface area (Å²) in [6.07, 6.45) is 1.37. The molecule has 0 aromatic heterocycles. The zero-order chi connectivity index (χ0) is 26.8. The largest absolute Gasteiger partial charge is 0.508 e. The van der Waals surface area contributed by atoms with E-state index >= 15 is 0 Å². The fourth-order valence-electron chi connectivity index (χ4n) is 3.88. The summed E-state index contributed by atoms with van der Waals surface area (Å²) in [6, 6.07) is 1.71. The Morgan fingerprint density at radius 3 is 2.25 bits per heavy atom. The number of carbonyl (C=O) groups excluding carboxylic acids is 4. The number of nitrogens with one attached hydrogen (secondary N) is 4. The molecular weight excluding hydrogens is 470 g/mol. The molecule has 198 valence electrons. The van der Waals surface area contributed by atoms with Crippen molar-refractivity contribution in [2.24, 2.45) is 11.7 Å². The Kier molecular flexibility index (Phi) is 10.7.